The minimum Gasteiger partial charge on any atom is -0.0917 e. The summed E-state index contributed by atoms with van der Waals surface area (Å²) in [5.41, 5.74) is 0. The summed E-state index contributed by atoms with van der Waals surface area (Å²) < 4.78 is 0. The van der Waals surface area contributed by atoms with Gasteiger partial charge in [0.1, 0.15) is 7.28 Å². The molecule has 79 valence electrons. The topological polar surface area (TPSA) is 0 Å². The molecule has 1 atom stereocenters. The molecule has 0 heterocycles. The molecule has 0 spiro atoms. The highest BCUT2D eigenvalue weighted by Gasteiger charge is 2.05. The maximum Gasteiger partial charge on any atom is 0.110 e. The van der Waals surface area contributed by atoms with Gasteiger partial charge in [-0.05, 0) is 0 Å². The van der Waals surface area contributed by atoms with Crippen molar-refractivity contribution in [1.82, 2.24) is 0 Å². The largest absolute Gasteiger partial charge is 0.110 e. The Kier molecular flexibility index (Phi) is 11.3. The molecular weight excluding hydrogens is 166 g/mol. The first-order chi connectivity index (χ1) is 6.85. The van der Waals surface area contributed by atoms with Crippen molar-refractivity contribution in [2.75, 3.05) is 0 Å². The van der Waals surface area contributed by atoms with Gasteiger partial charge in [0, 0.05) is 0 Å². The molecule has 0 rings (SSSR count). The molecule has 0 saturated heterocycles. The molecule has 0 aliphatic heterocycles. The van der Waals surface area contributed by atoms with Gasteiger partial charge in [0.05, 0.1) is 7.85 Å². The predicted molar refractivity (Wildman–Crippen MR) is 68.5 cm³/mol. The summed E-state index contributed by atoms with van der Waals surface area (Å²) in [4.78, 5) is 0. The number of hydrogen-bond donors (Lipinski definition) is 0. The molecule has 0 aromatic carbocycles. The molecule has 0 aromatic heterocycles. The third kappa shape index (κ3) is 8.72. The van der Waals surface area contributed by atoms with Crippen LogP contribution in [0.1, 0.15) is 58.3 Å². The molecule has 3 radical (unpaired) electrons. The molecule has 0 aliphatic rings. The lowest BCUT2D eigenvalue weighted by Gasteiger charge is -2.13. The maximum absolute atomic E-state index is 5.47. The Morgan fingerprint density at radius 1 is 1.00 bits per heavy atom. The lowest BCUT2D eigenvalue weighted by Crippen LogP contribution is -2.00. The first-order valence-corrected chi connectivity index (χ1v) is 6.34. The zero-order valence-corrected chi connectivity index (χ0v) is 10.1. The van der Waals surface area contributed by atoms with Crippen LogP contribution in [0, 0.1) is 0 Å². The molecule has 0 saturated carbocycles. The molecule has 1 unspecified atom stereocenters. The van der Waals surface area contributed by atoms with Crippen LogP contribution in [0.2, 0.25) is 19.0 Å². The standard InChI is InChI=1S/C12H25B2/c1-3-4-6-9-12(14-2)10-7-5-8-11-13/h12H,3-11H2,1-2H3. The highest BCUT2D eigenvalue weighted by atomic mass is 14.0. The van der Waals surface area contributed by atoms with E-state index in [4.69, 9.17) is 7.85 Å². The van der Waals surface area contributed by atoms with E-state index >= 15 is 0 Å². The zero-order valence-electron chi connectivity index (χ0n) is 10.1. The average Bonchev–Trinajstić information content (AvgIpc) is 2.22. The van der Waals surface area contributed by atoms with Crippen molar-refractivity contribution in [3.8, 4) is 0 Å². The molecular formula is C12H25B2. The van der Waals surface area contributed by atoms with Crippen LogP contribution >= 0.6 is 0 Å². The lowest BCUT2D eigenvalue weighted by molar-refractivity contribution is 0.568. The highest BCUT2D eigenvalue weighted by molar-refractivity contribution is 6.35. The highest BCUT2D eigenvalue weighted by Crippen LogP contribution is 2.21. The average molecular weight is 191 g/mol. The lowest BCUT2D eigenvalue weighted by atomic mass is 9.63. The van der Waals surface area contributed by atoms with E-state index in [1.54, 1.807) is 0 Å². The summed E-state index contributed by atoms with van der Waals surface area (Å²) in [6.45, 7) is 4.48. The van der Waals surface area contributed by atoms with Crippen molar-refractivity contribution in [3.63, 3.8) is 0 Å². The van der Waals surface area contributed by atoms with E-state index in [9.17, 15) is 0 Å². The first-order valence-electron chi connectivity index (χ1n) is 6.34. The van der Waals surface area contributed by atoms with E-state index in [0.29, 0.717) is 0 Å². The maximum atomic E-state index is 5.47. The van der Waals surface area contributed by atoms with Gasteiger partial charge in [-0.2, -0.15) is 0 Å². The van der Waals surface area contributed by atoms with E-state index in [0.717, 1.165) is 12.1 Å². The number of unbranched alkanes of at least 4 members (excludes halogenated alkanes) is 4. The normalized spacial score (nSPS) is 12.7. The fourth-order valence-electron chi connectivity index (χ4n) is 1.86. The van der Waals surface area contributed by atoms with Gasteiger partial charge in [0.25, 0.3) is 0 Å². The van der Waals surface area contributed by atoms with Gasteiger partial charge in [-0.1, -0.05) is 77.3 Å². The first kappa shape index (κ1) is 14.1. The minimum atomic E-state index is 0.857. The molecule has 0 aromatic rings. The van der Waals surface area contributed by atoms with Gasteiger partial charge in [-0.15, -0.1) is 0 Å². The quantitative estimate of drug-likeness (QED) is 0.357. The van der Waals surface area contributed by atoms with Gasteiger partial charge in [0.15, 0.2) is 0 Å². The van der Waals surface area contributed by atoms with Crippen molar-refractivity contribution in [1.29, 1.82) is 0 Å². The zero-order chi connectivity index (χ0) is 10.6. The van der Waals surface area contributed by atoms with Crippen LogP contribution in [0.15, 0.2) is 0 Å². The number of hydrogen-bond acceptors (Lipinski definition) is 0. The van der Waals surface area contributed by atoms with Crippen molar-refractivity contribution in [2.24, 2.45) is 0 Å². The third-order valence-corrected chi connectivity index (χ3v) is 2.93. The van der Waals surface area contributed by atoms with Crippen molar-refractivity contribution in [2.45, 2.75) is 77.3 Å². The summed E-state index contributed by atoms with van der Waals surface area (Å²) in [6, 6.07) is 0. The number of rotatable bonds is 10. The summed E-state index contributed by atoms with van der Waals surface area (Å²) >= 11 is 0. The monoisotopic (exact) mass is 191 g/mol. The predicted octanol–water partition coefficient (Wildman–Crippen LogP) is 4.25. The van der Waals surface area contributed by atoms with Gasteiger partial charge in [-0.3, -0.25) is 0 Å². The van der Waals surface area contributed by atoms with E-state index in [2.05, 4.69) is 21.0 Å². The molecule has 0 bridgehead atoms. The Morgan fingerprint density at radius 3 is 2.14 bits per heavy atom. The van der Waals surface area contributed by atoms with Crippen LogP contribution in [0.5, 0.6) is 0 Å². The van der Waals surface area contributed by atoms with E-state index in [1.165, 1.54) is 51.4 Å². The Hall–Kier alpha value is 0.130. The SMILES string of the molecule is [B]CCCCCC([B]C)CCCCC. The van der Waals surface area contributed by atoms with Gasteiger partial charge < -0.3 is 0 Å². The van der Waals surface area contributed by atoms with Crippen LogP contribution in [0.25, 0.3) is 0 Å². The fourth-order valence-corrected chi connectivity index (χ4v) is 1.86. The van der Waals surface area contributed by atoms with Crippen molar-refractivity contribution < 1.29 is 0 Å². The smallest absolute Gasteiger partial charge is 0.0917 e. The fraction of sp³-hybridized carbons (Fsp3) is 1.00. The molecule has 0 aliphatic carbocycles. The van der Waals surface area contributed by atoms with Crippen LogP contribution in [-0.2, 0) is 0 Å². The van der Waals surface area contributed by atoms with Crippen LogP contribution < -0.4 is 0 Å². The molecule has 0 nitrogen and oxygen atoms in total. The van der Waals surface area contributed by atoms with E-state index in [1.807, 2.05) is 0 Å². The van der Waals surface area contributed by atoms with Crippen LogP contribution in [0.3, 0.4) is 0 Å². The van der Waals surface area contributed by atoms with Crippen LogP contribution in [-0.4, -0.2) is 15.1 Å². The molecule has 2 heteroatoms. The second-order valence-electron chi connectivity index (χ2n) is 4.23. The molecule has 0 fully saturated rings. The van der Waals surface area contributed by atoms with Crippen LogP contribution in [0.4, 0.5) is 0 Å². The summed E-state index contributed by atoms with van der Waals surface area (Å²) in [5, 5.41) is 0. The Labute approximate surface area is 92.9 Å². The Morgan fingerprint density at radius 2 is 1.64 bits per heavy atom. The summed E-state index contributed by atoms with van der Waals surface area (Å²) in [6.07, 6.45) is 11.6. The molecule has 0 amide bonds. The molecule has 0 N–H and O–H groups in total. The second-order valence-corrected chi connectivity index (χ2v) is 4.23. The summed E-state index contributed by atoms with van der Waals surface area (Å²) in [5.74, 6) is 0.860. The third-order valence-electron chi connectivity index (χ3n) is 2.93. The van der Waals surface area contributed by atoms with E-state index < -0.39 is 0 Å². The molecule has 14 heavy (non-hydrogen) atoms. The Bertz CT molecular complexity index is 104. The Balaban J connectivity index is 3.28. The minimum absolute atomic E-state index is 0.857. The van der Waals surface area contributed by atoms with Crippen molar-refractivity contribution in [3.05, 3.63) is 0 Å². The van der Waals surface area contributed by atoms with Gasteiger partial charge in [-0.25, -0.2) is 0 Å². The van der Waals surface area contributed by atoms with Gasteiger partial charge >= 0.3 is 0 Å². The van der Waals surface area contributed by atoms with Crippen molar-refractivity contribution >= 4 is 15.1 Å². The van der Waals surface area contributed by atoms with E-state index in [-0.39, 0.29) is 0 Å². The second kappa shape index (κ2) is 11.2. The summed E-state index contributed by atoms with van der Waals surface area (Å²) in [7, 11) is 7.86. The van der Waals surface area contributed by atoms with Gasteiger partial charge in [0.2, 0.25) is 0 Å².